The van der Waals surface area contributed by atoms with Crippen LogP contribution in [0.1, 0.15) is 6.42 Å². The van der Waals surface area contributed by atoms with E-state index >= 15 is 0 Å². The highest BCUT2D eigenvalue weighted by molar-refractivity contribution is 6.01. The summed E-state index contributed by atoms with van der Waals surface area (Å²) in [7, 11) is 0. The van der Waals surface area contributed by atoms with Gasteiger partial charge in [0.15, 0.2) is 0 Å². The molecule has 0 aliphatic carbocycles. The topological polar surface area (TPSA) is 106 Å². The van der Waals surface area contributed by atoms with Crippen LogP contribution in [-0.4, -0.2) is 52.9 Å². The van der Waals surface area contributed by atoms with Gasteiger partial charge in [-0.15, -0.1) is 0 Å². The van der Waals surface area contributed by atoms with E-state index in [1.807, 2.05) is 4.90 Å². The molecule has 1 aromatic rings. The number of piperazine rings is 1. The van der Waals surface area contributed by atoms with Crippen molar-refractivity contribution < 1.29 is 0 Å². The third kappa shape index (κ3) is 3.28. The molecule has 0 amide bonds. The molecule has 7 heteroatoms. The standard InChI is InChI=1S/C10H17N7/c11-8(15-10-1-2-14-16-10)7-9(12)17-5-3-13-4-6-17/h1-2,12-13H,3-7H2,(H3,11,14,15,16). The number of aromatic amines is 1. The summed E-state index contributed by atoms with van der Waals surface area (Å²) in [6, 6.07) is 1.74. The summed E-state index contributed by atoms with van der Waals surface area (Å²) in [5, 5.41) is 17.7. The highest BCUT2D eigenvalue weighted by atomic mass is 15.2. The van der Waals surface area contributed by atoms with Crippen molar-refractivity contribution >= 4 is 17.5 Å². The Balaban J connectivity index is 1.89. The molecular weight excluding hydrogens is 218 g/mol. The van der Waals surface area contributed by atoms with Gasteiger partial charge in [-0.1, -0.05) is 0 Å². The molecular formula is C10H17N7. The van der Waals surface area contributed by atoms with E-state index in [0.29, 0.717) is 23.9 Å². The van der Waals surface area contributed by atoms with Crippen LogP contribution in [-0.2, 0) is 0 Å². The molecule has 1 aliphatic heterocycles. The Bertz CT molecular complexity index is 389. The lowest BCUT2D eigenvalue weighted by Gasteiger charge is -2.29. The molecule has 0 bridgehead atoms. The number of aromatic nitrogens is 2. The lowest BCUT2D eigenvalue weighted by Crippen LogP contribution is -2.47. The van der Waals surface area contributed by atoms with E-state index < -0.39 is 0 Å². The highest BCUT2D eigenvalue weighted by Crippen LogP contribution is 2.05. The first-order chi connectivity index (χ1) is 8.25. The van der Waals surface area contributed by atoms with Crippen LogP contribution in [0.4, 0.5) is 5.82 Å². The van der Waals surface area contributed by atoms with E-state index in [1.165, 1.54) is 0 Å². The van der Waals surface area contributed by atoms with Crippen molar-refractivity contribution in [1.29, 1.82) is 5.41 Å². The minimum atomic E-state index is 0.374. The molecule has 1 aromatic heterocycles. The van der Waals surface area contributed by atoms with Crippen molar-refractivity contribution in [3.8, 4) is 0 Å². The summed E-state index contributed by atoms with van der Waals surface area (Å²) >= 11 is 0. The molecule has 2 heterocycles. The second-order valence-corrected chi connectivity index (χ2v) is 3.91. The first-order valence-electron chi connectivity index (χ1n) is 5.61. The summed E-state index contributed by atoms with van der Waals surface area (Å²) < 4.78 is 0. The highest BCUT2D eigenvalue weighted by Gasteiger charge is 2.13. The molecule has 0 spiro atoms. The molecule has 0 saturated carbocycles. The van der Waals surface area contributed by atoms with E-state index in [0.717, 1.165) is 26.2 Å². The summed E-state index contributed by atoms with van der Waals surface area (Å²) in [5.74, 6) is 1.57. The summed E-state index contributed by atoms with van der Waals surface area (Å²) in [6.45, 7) is 3.55. The Morgan fingerprint density at radius 2 is 2.29 bits per heavy atom. The van der Waals surface area contributed by atoms with Crippen molar-refractivity contribution in [2.45, 2.75) is 6.42 Å². The molecule has 0 unspecified atom stereocenters. The smallest absolute Gasteiger partial charge is 0.149 e. The largest absolute Gasteiger partial charge is 0.387 e. The fourth-order valence-corrected chi connectivity index (χ4v) is 1.72. The number of nitrogens with zero attached hydrogens (tertiary/aromatic N) is 3. The van der Waals surface area contributed by atoms with Gasteiger partial charge in [-0.25, -0.2) is 4.99 Å². The molecule has 1 fully saturated rings. The van der Waals surface area contributed by atoms with Crippen LogP contribution in [0.3, 0.4) is 0 Å². The Morgan fingerprint density at radius 1 is 1.53 bits per heavy atom. The van der Waals surface area contributed by atoms with Crippen molar-refractivity contribution in [3.63, 3.8) is 0 Å². The second kappa shape index (κ2) is 5.44. The number of nitrogens with two attached hydrogens (primary N) is 1. The minimum Gasteiger partial charge on any atom is -0.387 e. The average Bonchev–Trinajstić information content (AvgIpc) is 2.82. The molecule has 0 aromatic carbocycles. The number of hydrogen-bond donors (Lipinski definition) is 4. The zero-order valence-electron chi connectivity index (χ0n) is 9.61. The molecule has 0 radical (unpaired) electrons. The van der Waals surface area contributed by atoms with E-state index in [9.17, 15) is 0 Å². The number of rotatable bonds is 3. The second-order valence-electron chi connectivity index (χ2n) is 3.91. The molecule has 17 heavy (non-hydrogen) atoms. The maximum atomic E-state index is 7.95. The van der Waals surface area contributed by atoms with Gasteiger partial charge in [0, 0.05) is 32.2 Å². The van der Waals surface area contributed by atoms with Crippen LogP contribution in [0.5, 0.6) is 0 Å². The van der Waals surface area contributed by atoms with Crippen molar-refractivity contribution in [3.05, 3.63) is 12.3 Å². The number of hydrogen-bond acceptors (Lipinski definition) is 4. The fraction of sp³-hybridized carbons (Fsp3) is 0.500. The van der Waals surface area contributed by atoms with Crippen LogP contribution in [0, 0.1) is 5.41 Å². The predicted octanol–water partition coefficient (Wildman–Crippen LogP) is -0.329. The SMILES string of the molecule is N=C(CC(N)=Nc1ccn[nH]1)N1CCNCC1. The van der Waals surface area contributed by atoms with Gasteiger partial charge in [-0.2, -0.15) is 5.10 Å². The minimum absolute atomic E-state index is 0.374. The predicted molar refractivity (Wildman–Crippen MR) is 66.7 cm³/mol. The molecule has 0 atom stereocenters. The van der Waals surface area contributed by atoms with Gasteiger partial charge in [-0.05, 0) is 0 Å². The van der Waals surface area contributed by atoms with Crippen LogP contribution in [0.25, 0.3) is 0 Å². The molecule has 1 saturated heterocycles. The van der Waals surface area contributed by atoms with Crippen molar-refractivity contribution in [2.75, 3.05) is 26.2 Å². The molecule has 92 valence electrons. The van der Waals surface area contributed by atoms with Crippen molar-refractivity contribution in [1.82, 2.24) is 20.4 Å². The summed E-state index contributed by atoms with van der Waals surface area (Å²) in [6.07, 6.45) is 1.99. The van der Waals surface area contributed by atoms with Crippen LogP contribution < -0.4 is 11.1 Å². The monoisotopic (exact) mass is 235 g/mol. The maximum Gasteiger partial charge on any atom is 0.149 e. The van der Waals surface area contributed by atoms with Crippen LogP contribution >= 0.6 is 0 Å². The number of aliphatic imine (C=N–C) groups is 1. The van der Waals surface area contributed by atoms with Crippen molar-refractivity contribution in [2.24, 2.45) is 10.7 Å². The van der Waals surface area contributed by atoms with Crippen LogP contribution in [0.2, 0.25) is 0 Å². The molecule has 2 rings (SSSR count). The van der Waals surface area contributed by atoms with Gasteiger partial charge in [0.25, 0.3) is 0 Å². The maximum absolute atomic E-state index is 7.95. The van der Waals surface area contributed by atoms with Gasteiger partial charge < -0.3 is 16.0 Å². The Hall–Kier alpha value is -1.89. The normalized spacial score (nSPS) is 17.2. The zero-order valence-corrected chi connectivity index (χ0v) is 9.61. The van der Waals surface area contributed by atoms with Gasteiger partial charge in [0.05, 0.1) is 12.6 Å². The van der Waals surface area contributed by atoms with E-state index in [-0.39, 0.29) is 0 Å². The Labute approximate surface area is 99.6 Å². The fourth-order valence-electron chi connectivity index (χ4n) is 1.72. The molecule has 5 N–H and O–H groups in total. The van der Waals surface area contributed by atoms with E-state index in [2.05, 4.69) is 20.5 Å². The third-order valence-corrected chi connectivity index (χ3v) is 2.60. The van der Waals surface area contributed by atoms with E-state index in [1.54, 1.807) is 12.3 Å². The van der Waals surface area contributed by atoms with Gasteiger partial charge in [0.1, 0.15) is 17.5 Å². The summed E-state index contributed by atoms with van der Waals surface area (Å²) in [5.41, 5.74) is 5.79. The lowest BCUT2D eigenvalue weighted by atomic mass is 10.3. The number of amidine groups is 2. The van der Waals surface area contributed by atoms with Gasteiger partial charge in [0.2, 0.25) is 0 Å². The third-order valence-electron chi connectivity index (χ3n) is 2.60. The average molecular weight is 235 g/mol. The van der Waals surface area contributed by atoms with Gasteiger partial charge in [-0.3, -0.25) is 10.5 Å². The number of nitrogens with one attached hydrogen (secondary N) is 3. The first-order valence-corrected chi connectivity index (χ1v) is 5.61. The summed E-state index contributed by atoms with van der Waals surface area (Å²) in [4.78, 5) is 6.17. The number of H-pyrrole nitrogens is 1. The van der Waals surface area contributed by atoms with E-state index in [4.69, 9.17) is 11.1 Å². The first kappa shape index (κ1) is 11.6. The Kier molecular flexibility index (Phi) is 3.71. The zero-order chi connectivity index (χ0) is 12.1. The molecule has 1 aliphatic rings. The quantitative estimate of drug-likeness (QED) is 0.425. The Morgan fingerprint density at radius 3 is 2.94 bits per heavy atom. The van der Waals surface area contributed by atoms with Gasteiger partial charge >= 0.3 is 0 Å². The van der Waals surface area contributed by atoms with Crippen LogP contribution in [0.15, 0.2) is 17.3 Å². The lowest BCUT2D eigenvalue weighted by molar-refractivity contribution is 0.352. The molecule has 7 nitrogen and oxygen atoms in total.